The van der Waals surface area contributed by atoms with E-state index in [1.165, 1.54) is 4.68 Å². The van der Waals surface area contributed by atoms with Crippen molar-refractivity contribution < 1.29 is 4.79 Å². The molecule has 0 radical (unpaired) electrons. The highest BCUT2D eigenvalue weighted by molar-refractivity contribution is 6.10. The van der Waals surface area contributed by atoms with Crippen LogP contribution >= 0.6 is 0 Å². The maximum absolute atomic E-state index is 12.3. The van der Waals surface area contributed by atoms with Crippen LogP contribution in [0.3, 0.4) is 0 Å². The number of aryl methyl sites for hydroxylation is 2. The van der Waals surface area contributed by atoms with E-state index in [9.17, 15) is 4.79 Å². The third-order valence-corrected chi connectivity index (χ3v) is 3.89. The van der Waals surface area contributed by atoms with Crippen molar-refractivity contribution in [2.45, 2.75) is 6.92 Å². The third-order valence-electron chi connectivity index (χ3n) is 3.89. The number of aromatic nitrogens is 2. The van der Waals surface area contributed by atoms with Crippen molar-refractivity contribution in [1.29, 1.82) is 5.41 Å². The second kappa shape index (κ2) is 7.00. The predicted molar refractivity (Wildman–Crippen MR) is 98.5 cm³/mol. The zero-order valence-corrected chi connectivity index (χ0v) is 14.1. The molecule has 6 heteroatoms. The molecule has 1 aliphatic carbocycles. The summed E-state index contributed by atoms with van der Waals surface area (Å²) in [7, 11) is 1.72. The molecule has 3 rings (SSSR count). The molecule has 0 spiro atoms. The molecule has 0 atom stereocenters. The molecule has 0 unspecified atom stereocenters. The highest BCUT2D eigenvalue weighted by Crippen LogP contribution is 2.16. The van der Waals surface area contributed by atoms with Gasteiger partial charge in [-0.2, -0.15) is 5.10 Å². The van der Waals surface area contributed by atoms with Crippen LogP contribution in [-0.4, -0.2) is 21.4 Å². The maximum atomic E-state index is 12.3. The average Bonchev–Trinajstić information content (AvgIpc) is 3.03. The van der Waals surface area contributed by atoms with E-state index in [0.717, 1.165) is 11.3 Å². The Kier molecular flexibility index (Phi) is 4.61. The molecular weight excluding hydrogens is 314 g/mol. The minimum atomic E-state index is -0.240. The summed E-state index contributed by atoms with van der Waals surface area (Å²) in [6.07, 6.45) is 8.48. The van der Waals surface area contributed by atoms with Crippen LogP contribution in [-0.2, 0) is 7.05 Å². The van der Waals surface area contributed by atoms with Crippen LogP contribution in [0.4, 0.5) is 5.69 Å². The van der Waals surface area contributed by atoms with Crippen molar-refractivity contribution >= 4 is 17.3 Å². The van der Waals surface area contributed by atoms with Gasteiger partial charge in [0.15, 0.2) is 0 Å². The number of hydrogen-bond donors (Lipinski definition) is 3. The van der Waals surface area contributed by atoms with Crippen LogP contribution in [0.15, 0.2) is 72.2 Å². The molecule has 25 heavy (non-hydrogen) atoms. The van der Waals surface area contributed by atoms with Crippen molar-refractivity contribution in [3.8, 4) is 0 Å². The van der Waals surface area contributed by atoms with E-state index in [1.807, 2.05) is 31.2 Å². The van der Waals surface area contributed by atoms with Gasteiger partial charge < -0.3 is 16.0 Å². The van der Waals surface area contributed by atoms with Gasteiger partial charge in [-0.3, -0.25) is 9.48 Å². The van der Waals surface area contributed by atoms with Gasteiger partial charge in [-0.05, 0) is 42.8 Å². The minimum absolute atomic E-state index is 0.240. The third kappa shape index (κ3) is 3.74. The van der Waals surface area contributed by atoms with Gasteiger partial charge in [-0.1, -0.05) is 18.2 Å². The Morgan fingerprint density at radius 3 is 2.76 bits per heavy atom. The lowest BCUT2D eigenvalue weighted by atomic mass is 10.0. The van der Waals surface area contributed by atoms with E-state index in [1.54, 1.807) is 43.7 Å². The van der Waals surface area contributed by atoms with Gasteiger partial charge in [-0.25, -0.2) is 0 Å². The zero-order chi connectivity index (χ0) is 17.8. The van der Waals surface area contributed by atoms with Gasteiger partial charge >= 0.3 is 0 Å². The van der Waals surface area contributed by atoms with E-state index in [2.05, 4.69) is 15.7 Å². The number of allylic oxidation sites excluding steroid dienone is 4. The molecule has 1 heterocycles. The number of para-hydroxylation sites is 1. The summed E-state index contributed by atoms with van der Waals surface area (Å²) in [4.78, 5) is 12.3. The summed E-state index contributed by atoms with van der Waals surface area (Å²) in [5.74, 6) is -0.240. The summed E-state index contributed by atoms with van der Waals surface area (Å²) in [5, 5.41) is 18.1. The Morgan fingerprint density at radius 2 is 2.04 bits per heavy atom. The molecule has 0 aliphatic heterocycles. The predicted octanol–water partition coefficient (Wildman–Crippen LogP) is 2.93. The number of nitrogens with zero attached hydrogens (tertiary/aromatic N) is 2. The quantitative estimate of drug-likeness (QED) is 0.804. The average molecular weight is 333 g/mol. The van der Waals surface area contributed by atoms with Crippen LogP contribution in [0.2, 0.25) is 0 Å². The zero-order valence-electron chi connectivity index (χ0n) is 14.1. The van der Waals surface area contributed by atoms with Crippen molar-refractivity contribution in [1.82, 2.24) is 15.1 Å². The Balaban J connectivity index is 1.76. The van der Waals surface area contributed by atoms with Gasteiger partial charge in [0, 0.05) is 36.4 Å². The first kappa shape index (κ1) is 16.4. The second-order valence-electron chi connectivity index (χ2n) is 5.70. The molecular formula is C19H19N5O. The molecule has 0 bridgehead atoms. The normalized spacial score (nSPS) is 15.2. The van der Waals surface area contributed by atoms with E-state index in [-0.39, 0.29) is 5.91 Å². The molecule has 0 fully saturated rings. The smallest absolute Gasteiger partial charge is 0.273 e. The summed E-state index contributed by atoms with van der Waals surface area (Å²) in [6.45, 7) is 2.02. The number of anilines is 1. The van der Waals surface area contributed by atoms with Gasteiger partial charge in [0.25, 0.3) is 5.91 Å². The highest BCUT2D eigenvalue weighted by atomic mass is 16.2. The van der Waals surface area contributed by atoms with E-state index in [4.69, 9.17) is 5.41 Å². The molecule has 1 aromatic carbocycles. The number of rotatable bonds is 4. The van der Waals surface area contributed by atoms with E-state index in [0.29, 0.717) is 22.7 Å². The minimum Gasteiger partial charge on any atom is -0.361 e. The molecule has 126 valence electrons. The van der Waals surface area contributed by atoms with Gasteiger partial charge in [0.1, 0.15) is 5.69 Å². The Labute approximate surface area is 146 Å². The molecule has 1 amide bonds. The Hall–Kier alpha value is -3.41. The van der Waals surface area contributed by atoms with E-state index >= 15 is 0 Å². The standard InChI is InChI=1S/C19H19N5O/c1-13-5-3-4-6-17(13)21-12-14-11-15(7-8-16(14)20)23-19(25)18-9-10-22-24(18)2/h3-12,20-21H,1-2H3,(H,23,25)/b14-12-,20-16?. The van der Waals surface area contributed by atoms with Crippen LogP contribution in [0, 0.1) is 12.3 Å². The van der Waals surface area contributed by atoms with Gasteiger partial charge in [0.2, 0.25) is 0 Å². The first-order chi connectivity index (χ1) is 12.0. The van der Waals surface area contributed by atoms with Gasteiger partial charge in [0.05, 0.1) is 5.71 Å². The van der Waals surface area contributed by atoms with Crippen LogP contribution < -0.4 is 10.6 Å². The van der Waals surface area contributed by atoms with Crippen molar-refractivity contribution in [2.75, 3.05) is 5.32 Å². The van der Waals surface area contributed by atoms with Crippen molar-refractivity contribution in [3.05, 3.63) is 83.5 Å². The molecule has 3 N–H and O–H groups in total. The molecule has 1 aromatic heterocycles. The topological polar surface area (TPSA) is 82.8 Å². The fourth-order valence-corrected chi connectivity index (χ4v) is 2.44. The fraction of sp³-hybridized carbons (Fsp3) is 0.105. The molecule has 1 aliphatic rings. The lowest BCUT2D eigenvalue weighted by molar-refractivity contribution is 0.0958. The summed E-state index contributed by atoms with van der Waals surface area (Å²) >= 11 is 0. The molecule has 0 saturated carbocycles. The second-order valence-corrected chi connectivity index (χ2v) is 5.70. The first-order valence-corrected chi connectivity index (χ1v) is 7.85. The monoisotopic (exact) mass is 333 g/mol. The Morgan fingerprint density at radius 1 is 1.24 bits per heavy atom. The Bertz CT molecular complexity index is 917. The number of nitrogens with one attached hydrogen (secondary N) is 3. The van der Waals surface area contributed by atoms with Crippen LogP contribution in [0.25, 0.3) is 0 Å². The first-order valence-electron chi connectivity index (χ1n) is 7.85. The number of benzene rings is 1. The molecule has 0 saturated heterocycles. The summed E-state index contributed by atoms with van der Waals surface area (Å²) < 4.78 is 1.51. The maximum Gasteiger partial charge on any atom is 0.273 e. The lowest BCUT2D eigenvalue weighted by Gasteiger charge is -2.13. The van der Waals surface area contributed by atoms with Crippen LogP contribution in [0.1, 0.15) is 16.1 Å². The highest BCUT2D eigenvalue weighted by Gasteiger charge is 2.13. The van der Waals surface area contributed by atoms with Crippen molar-refractivity contribution in [3.63, 3.8) is 0 Å². The molecule has 6 nitrogen and oxygen atoms in total. The van der Waals surface area contributed by atoms with E-state index < -0.39 is 0 Å². The largest absolute Gasteiger partial charge is 0.361 e. The van der Waals surface area contributed by atoms with Crippen LogP contribution in [0.5, 0.6) is 0 Å². The lowest BCUT2D eigenvalue weighted by Crippen LogP contribution is -2.25. The van der Waals surface area contributed by atoms with Gasteiger partial charge in [-0.15, -0.1) is 0 Å². The SMILES string of the molecule is Cc1ccccc1N/C=C1/C=C(NC(=O)c2ccnn2C)C=CC1=N. The number of carbonyl (C=O) groups excluding carboxylic acids is 1. The summed E-state index contributed by atoms with van der Waals surface area (Å²) in [5.41, 5.74) is 4.25. The number of carbonyl (C=O) groups is 1. The molecule has 2 aromatic rings. The summed E-state index contributed by atoms with van der Waals surface area (Å²) in [6, 6.07) is 9.58. The number of hydrogen-bond acceptors (Lipinski definition) is 4. The number of amides is 1. The van der Waals surface area contributed by atoms with Crippen molar-refractivity contribution in [2.24, 2.45) is 7.05 Å². The fourth-order valence-electron chi connectivity index (χ4n) is 2.44.